The average Bonchev–Trinajstić information content (AvgIpc) is 2.97. The molecular weight excluding hydrogens is 226 g/mol. The molecule has 4 heteroatoms. The van der Waals surface area contributed by atoms with Gasteiger partial charge >= 0.3 is 0 Å². The van der Waals surface area contributed by atoms with E-state index in [4.69, 9.17) is 10.5 Å². The zero-order chi connectivity index (χ0) is 13.4. The highest BCUT2D eigenvalue weighted by molar-refractivity contribution is 5.53. The van der Waals surface area contributed by atoms with Crippen LogP contribution in [0.4, 0.5) is 11.5 Å². The summed E-state index contributed by atoms with van der Waals surface area (Å²) in [5, 5.41) is 3.35. The van der Waals surface area contributed by atoms with Gasteiger partial charge in [0.05, 0.1) is 5.69 Å². The zero-order valence-corrected chi connectivity index (χ0v) is 11.7. The van der Waals surface area contributed by atoms with E-state index in [0.717, 1.165) is 12.4 Å². The summed E-state index contributed by atoms with van der Waals surface area (Å²) in [6.07, 6.45) is 2.58. The van der Waals surface area contributed by atoms with E-state index < -0.39 is 0 Å². The molecule has 18 heavy (non-hydrogen) atoms. The van der Waals surface area contributed by atoms with E-state index in [9.17, 15) is 0 Å². The highest BCUT2D eigenvalue weighted by Gasteiger charge is 2.36. The second kappa shape index (κ2) is 4.34. The fourth-order valence-electron chi connectivity index (χ4n) is 1.62. The molecule has 2 rings (SSSR count). The molecule has 1 aromatic rings. The molecule has 0 bridgehead atoms. The predicted octanol–water partition coefficient (Wildman–Crippen LogP) is 3.05. The van der Waals surface area contributed by atoms with Crippen molar-refractivity contribution in [2.24, 2.45) is 5.41 Å². The zero-order valence-electron chi connectivity index (χ0n) is 11.7. The number of hydrogen-bond donors (Lipinski definition) is 2. The topological polar surface area (TPSA) is 60.2 Å². The van der Waals surface area contributed by atoms with Gasteiger partial charge < -0.3 is 15.8 Å². The number of hydrogen-bond acceptors (Lipinski definition) is 4. The standard InChI is InChI=1S/C14H23N3O/c1-13(2,3)18-12-10(15)5-6-11(17-12)16-9-14(4)7-8-14/h5-6H,7-9,15H2,1-4H3,(H,16,17). The van der Waals surface area contributed by atoms with Crippen molar-refractivity contribution in [2.45, 2.75) is 46.1 Å². The van der Waals surface area contributed by atoms with Gasteiger partial charge in [-0.1, -0.05) is 6.92 Å². The molecule has 0 atom stereocenters. The van der Waals surface area contributed by atoms with Gasteiger partial charge in [0.1, 0.15) is 11.4 Å². The molecule has 1 heterocycles. The summed E-state index contributed by atoms with van der Waals surface area (Å²) in [5.41, 5.74) is 6.62. The van der Waals surface area contributed by atoms with Crippen LogP contribution in [0.2, 0.25) is 0 Å². The first-order valence-corrected chi connectivity index (χ1v) is 6.47. The molecule has 1 fully saturated rings. The molecule has 100 valence electrons. The largest absolute Gasteiger partial charge is 0.470 e. The van der Waals surface area contributed by atoms with Crippen molar-refractivity contribution in [2.75, 3.05) is 17.6 Å². The summed E-state index contributed by atoms with van der Waals surface area (Å²) in [5.74, 6) is 1.34. The van der Waals surface area contributed by atoms with Crippen LogP contribution in [0.15, 0.2) is 12.1 Å². The molecule has 3 N–H and O–H groups in total. The molecule has 1 aliphatic rings. The average molecular weight is 249 g/mol. The number of nitrogens with two attached hydrogens (primary N) is 1. The van der Waals surface area contributed by atoms with Crippen molar-refractivity contribution in [1.82, 2.24) is 4.98 Å². The molecule has 0 saturated heterocycles. The summed E-state index contributed by atoms with van der Waals surface area (Å²) in [7, 11) is 0. The van der Waals surface area contributed by atoms with Crippen LogP contribution in [0.25, 0.3) is 0 Å². The Kier molecular flexibility index (Phi) is 3.13. The lowest BCUT2D eigenvalue weighted by Crippen LogP contribution is -2.24. The van der Waals surface area contributed by atoms with Crippen molar-refractivity contribution in [1.29, 1.82) is 0 Å². The number of aromatic nitrogens is 1. The first kappa shape index (κ1) is 13.0. The van der Waals surface area contributed by atoms with E-state index in [1.54, 1.807) is 0 Å². The van der Waals surface area contributed by atoms with E-state index >= 15 is 0 Å². The van der Waals surface area contributed by atoms with Gasteiger partial charge in [0.25, 0.3) is 0 Å². The van der Waals surface area contributed by atoms with Crippen molar-refractivity contribution < 1.29 is 4.74 Å². The maximum atomic E-state index is 5.88. The Morgan fingerprint density at radius 1 is 1.39 bits per heavy atom. The van der Waals surface area contributed by atoms with Gasteiger partial charge in [-0.25, -0.2) is 0 Å². The first-order valence-electron chi connectivity index (χ1n) is 6.47. The summed E-state index contributed by atoms with van der Waals surface area (Å²) >= 11 is 0. The van der Waals surface area contributed by atoms with Crippen LogP contribution in [0.1, 0.15) is 40.5 Å². The molecule has 0 amide bonds. The van der Waals surface area contributed by atoms with Crippen molar-refractivity contribution >= 4 is 11.5 Å². The summed E-state index contributed by atoms with van der Waals surface area (Å²) in [6, 6.07) is 3.74. The van der Waals surface area contributed by atoms with E-state index in [1.807, 2.05) is 32.9 Å². The van der Waals surface area contributed by atoms with E-state index in [0.29, 0.717) is 17.0 Å². The Bertz CT molecular complexity index is 433. The van der Waals surface area contributed by atoms with Gasteiger partial charge in [0.2, 0.25) is 5.88 Å². The van der Waals surface area contributed by atoms with Gasteiger partial charge in [-0.05, 0) is 51.2 Å². The number of rotatable bonds is 4. The van der Waals surface area contributed by atoms with Crippen LogP contribution in [-0.2, 0) is 0 Å². The lowest BCUT2D eigenvalue weighted by Gasteiger charge is -2.22. The molecule has 1 saturated carbocycles. The number of nitrogens with zero attached hydrogens (tertiary/aromatic N) is 1. The second-order valence-electron chi connectivity index (χ2n) is 6.47. The van der Waals surface area contributed by atoms with Gasteiger partial charge in [0.15, 0.2) is 0 Å². The Hall–Kier alpha value is -1.45. The Morgan fingerprint density at radius 2 is 2.06 bits per heavy atom. The fourth-order valence-corrected chi connectivity index (χ4v) is 1.62. The third-order valence-corrected chi connectivity index (χ3v) is 3.09. The number of ether oxygens (including phenoxy) is 1. The van der Waals surface area contributed by atoms with Crippen molar-refractivity contribution in [3.05, 3.63) is 12.1 Å². The molecule has 0 aromatic carbocycles. The van der Waals surface area contributed by atoms with Crippen molar-refractivity contribution in [3.63, 3.8) is 0 Å². The summed E-state index contributed by atoms with van der Waals surface area (Å²) in [4.78, 5) is 4.43. The van der Waals surface area contributed by atoms with E-state index in [1.165, 1.54) is 12.8 Å². The van der Waals surface area contributed by atoms with Crippen LogP contribution in [0.3, 0.4) is 0 Å². The Labute approximate surface area is 109 Å². The van der Waals surface area contributed by atoms with Crippen LogP contribution in [-0.4, -0.2) is 17.1 Å². The van der Waals surface area contributed by atoms with Crippen LogP contribution in [0.5, 0.6) is 5.88 Å². The molecule has 4 nitrogen and oxygen atoms in total. The number of nitrogen functional groups attached to an aromatic ring is 1. The second-order valence-corrected chi connectivity index (χ2v) is 6.47. The molecule has 1 aliphatic carbocycles. The lowest BCUT2D eigenvalue weighted by atomic mass is 10.1. The lowest BCUT2D eigenvalue weighted by molar-refractivity contribution is 0.125. The normalized spacial score (nSPS) is 17.3. The minimum Gasteiger partial charge on any atom is -0.470 e. The number of anilines is 2. The quantitative estimate of drug-likeness (QED) is 0.861. The summed E-state index contributed by atoms with van der Waals surface area (Å²) < 4.78 is 5.74. The van der Waals surface area contributed by atoms with E-state index in [2.05, 4.69) is 17.2 Å². The smallest absolute Gasteiger partial charge is 0.239 e. The van der Waals surface area contributed by atoms with Gasteiger partial charge in [-0.3, -0.25) is 0 Å². The third kappa shape index (κ3) is 3.52. The molecule has 0 unspecified atom stereocenters. The molecule has 0 radical (unpaired) electrons. The Morgan fingerprint density at radius 3 is 2.61 bits per heavy atom. The van der Waals surface area contributed by atoms with Crippen LogP contribution in [0, 0.1) is 5.41 Å². The van der Waals surface area contributed by atoms with Gasteiger partial charge in [-0.15, -0.1) is 0 Å². The summed E-state index contributed by atoms with van der Waals surface area (Å²) in [6.45, 7) is 9.20. The predicted molar refractivity (Wildman–Crippen MR) is 74.9 cm³/mol. The fraction of sp³-hybridized carbons (Fsp3) is 0.643. The maximum absolute atomic E-state index is 5.88. The first-order chi connectivity index (χ1) is 8.27. The van der Waals surface area contributed by atoms with E-state index in [-0.39, 0.29) is 5.60 Å². The highest BCUT2D eigenvalue weighted by Crippen LogP contribution is 2.44. The molecule has 1 aromatic heterocycles. The SMILES string of the molecule is CC1(CNc2ccc(N)c(OC(C)(C)C)n2)CC1. The van der Waals surface area contributed by atoms with Crippen LogP contribution >= 0.6 is 0 Å². The minimum absolute atomic E-state index is 0.289. The molecule has 0 spiro atoms. The van der Waals surface area contributed by atoms with Crippen LogP contribution < -0.4 is 15.8 Å². The van der Waals surface area contributed by atoms with Gasteiger partial charge in [0, 0.05) is 6.54 Å². The highest BCUT2D eigenvalue weighted by atomic mass is 16.5. The maximum Gasteiger partial charge on any atom is 0.239 e. The monoisotopic (exact) mass is 249 g/mol. The van der Waals surface area contributed by atoms with Crippen molar-refractivity contribution in [3.8, 4) is 5.88 Å². The van der Waals surface area contributed by atoms with Gasteiger partial charge in [-0.2, -0.15) is 4.98 Å². The number of nitrogens with one attached hydrogen (secondary N) is 1. The Balaban J connectivity index is 2.05. The number of pyridine rings is 1. The third-order valence-electron chi connectivity index (χ3n) is 3.09. The molecular formula is C14H23N3O. The minimum atomic E-state index is -0.289. The molecule has 0 aliphatic heterocycles.